The Morgan fingerprint density at radius 2 is 2.24 bits per heavy atom. The van der Waals surface area contributed by atoms with Gasteiger partial charge in [0.15, 0.2) is 0 Å². The summed E-state index contributed by atoms with van der Waals surface area (Å²) in [6, 6.07) is 8.88. The van der Waals surface area contributed by atoms with E-state index in [0.29, 0.717) is 18.5 Å². The molecule has 0 aromatic heterocycles. The van der Waals surface area contributed by atoms with Crippen LogP contribution in [0.1, 0.15) is 24.1 Å². The van der Waals surface area contributed by atoms with Gasteiger partial charge in [-0.1, -0.05) is 31.2 Å². The van der Waals surface area contributed by atoms with E-state index in [0.717, 1.165) is 19.5 Å². The van der Waals surface area contributed by atoms with Crippen molar-refractivity contribution in [3.05, 3.63) is 35.4 Å². The Hall–Kier alpha value is -0.900. The van der Waals surface area contributed by atoms with Crippen LogP contribution in [0.25, 0.3) is 0 Å². The van der Waals surface area contributed by atoms with Crippen molar-refractivity contribution in [2.45, 2.75) is 19.4 Å². The summed E-state index contributed by atoms with van der Waals surface area (Å²) in [4.78, 5) is 2.41. The van der Waals surface area contributed by atoms with Gasteiger partial charge in [-0.05, 0) is 23.5 Å². The van der Waals surface area contributed by atoms with Gasteiger partial charge in [0.2, 0.25) is 0 Å². The number of hydrogen-bond donors (Lipinski definition) is 2. The molecular formula is C14H22N2O. The van der Waals surface area contributed by atoms with Gasteiger partial charge >= 0.3 is 0 Å². The molecule has 0 spiro atoms. The van der Waals surface area contributed by atoms with Gasteiger partial charge in [0.1, 0.15) is 0 Å². The van der Waals surface area contributed by atoms with E-state index in [1.54, 1.807) is 0 Å². The smallest absolute Gasteiger partial charge is 0.0473 e. The van der Waals surface area contributed by atoms with Crippen LogP contribution in [0.3, 0.4) is 0 Å². The molecule has 2 rings (SSSR count). The van der Waals surface area contributed by atoms with Crippen LogP contribution in [-0.4, -0.2) is 36.2 Å². The van der Waals surface area contributed by atoms with Gasteiger partial charge in [0.05, 0.1) is 0 Å². The first-order chi connectivity index (χ1) is 8.26. The molecule has 0 radical (unpaired) electrons. The van der Waals surface area contributed by atoms with Crippen molar-refractivity contribution >= 4 is 0 Å². The number of hydrogen-bond acceptors (Lipinski definition) is 3. The van der Waals surface area contributed by atoms with E-state index < -0.39 is 0 Å². The molecule has 0 bridgehead atoms. The summed E-state index contributed by atoms with van der Waals surface area (Å²) in [6.45, 7) is 4.94. The van der Waals surface area contributed by atoms with Crippen LogP contribution in [-0.2, 0) is 6.42 Å². The Morgan fingerprint density at radius 3 is 2.94 bits per heavy atom. The van der Waals surface area contributed by atoms with Crippen LogP contribution in [0.4, 0.5) is 0 Å². The van der Waals surface area contributed by atoms with E-state index in [1.807, 2.05) is 0 Å². The zero-order chi connectivity index (χ0) is 12.3. The molecular weight excluding hydrogens is 212 g/mol. The molecule has 0 amide bonds. The minimum absolute atomic E-state index is 0.245. The largest absolute Gasteiger partial charge is 0.396 e. The molecule has 3 N–H and O–H groups in total. The molecule has 1 aliphatic heterocycles. The van der Waals surface area contributed by atoms with E-state index in [-0.39, 0.29) is 6.61 Å². The molecule has 0 saturated heterocycles. The van der Waals surface area contributed by atoms with Crippen LogP contribution in [0.2, 0.25) is 0 Å². The molecule has 3 nitrogen and oxygen atoms in total. The van der Waals surface area contributed by atoms with Gasteiger partial charge in [0.25, 0.3) is 0 Å². The molecule has 0 aliphatic carbocycles. The number of benzene rings is 1. The quantitative estimate of drug-likeness (QED) is 0.822. The number of rotatable bonds is 4. The number of aliphatic hydroxyl groups is 1. The van der Waals surface area contributed by atoms with Crippen molar-refractivity contribution in [3.63, 3.8) is 0 Å². The predicted octanol–water partition coefficient (Wildman–Crippen LogP) is 1.17. The van der Waals surface area contributed by atoms with E-state index >= 15 is 0 Å². The SMILES string of the molecule is CC(CO)CN1CCc2ccccc2C1CN. The highest BCUT2D eigenvalue weighted by Crippen LogP contribution is 2.29. The van der Waals surface area contributed by atoms with Crippen molar-refractivity contribution in [1.82, 2.24) is 4.90 Å². The van der Waals surface area contributed by atoms with Gasteiger partial charge in [0, 0.05) is 32.3 Å². The van der Waals surface area contributed by atoms with Crippen molar-refractivity contribution < 1.29 is 5.11 Å². The maximum absolute atomic E-state index is 9.16. The zero-order valence-electron chi connectivity index (χ0n) is 10.5. The van der Waals surface area contributed by atoms with Crippen LogP contribution >= 0.6 is 0 Å². The molecule has 2 unspecified atom stereocenters. The fraction of sp³-hybridized carbons (Fsp3) is 0.571. The van der Waals surface area contributed by atoms with Gasteiger partial charge in [-0.2, -0.15) is 0 Å². The Morgan fingerprint density at radius 1 is 1.47 bits per heavy atom. The lowest BCUT2D eigenvalue weighted by Crippen LogP contribution is -2.42. The summed E-state index contributed by atoms with van der Waals surface area (Å²) in [6.07, 6.45) is 1.09. The number of fused-ring (bicyclic) bond motifs is 1. The summed E-state index contributed by atoms with van der Waals surface area (Å²) in [7, 11) is 0. The number of nitrogens with two attached hydrogens (primary N) is 1. The third kappa shape index (κ3) is 2.68. The predicted molar refractivity (Wildman–Crippen MR) is 69.8 cm³/mol. The molecule has 94 valence electrons. The third-order valence-corrected chi connectivity index (χ3v) is 3.60. The molecule has 1 heterocycles. The highest BCUT2D eigenvalue weighted by molar-refractivity contribution is 5.32. The minimum Gasteiger partial charge on any atom is -0.396 e. The second kappa shape index (κ2) is 5.63. The first-order valence-corrected chi connectivity index (χ1v) is 6.39. The van der Waals surface area contributed by atoms with Crippen LogP contribution in [0.5, 0.6) is 0 Å². The molecule has 1 aromatic carbocycles. The summed E-state index contributed by atoms with van der Waals surface area (Å²) >= 11 is 0. The number of aliphatic hydroxyl groups excluding tert-OH is 1. The van der Waals surface area contributed by atoms with Crippen LogP contribution < -0.4 is 5.73 Å². The highest BCUT2D eigenvalue weighted by atomic mass is 16.3. The standard InChI is InChI=1S/C14H22N2O/c1-11(10-17)9-16-7-6-12-4-2-3-5-13(12)14(16)8-15/h2-5,11,14,17H,6-10,15H2,1H3. The van der Waals surface area contributed by atoms with Gasteiger partial charge in [-0.25, -0.2) is 0 Å². The first-order valence-electron chi connectivity index (χ1n) is 6.39. The van der Waals surface area contributed by atoms with Crippen LogP contribution in [0.15, 0.2) is 24.3 Å². The van der Waals surface area contributed by atoms with Crippen molar-refractivity contribution in [2.75, 3.05) is 26.2 Å². The normalized spacial score (nSPS) is 22.2. The lowest BCUT2D eigenvalue weighted by Gasteiger charge is -2.38. The fourth-order valence-corrected chi connectivity index (χ4v) is 2.66. The molecule has 3 heteroatoms. The summed E-state index contributed by atoms with van der Waals surface area (Å²) in [5.41, 5.74) is 8.72. The number of nitrogens with zero attached hydrogens (tertiary/aromatic N) is 1. The lowest BCUT2D eigenvalue weighted by atomic mass is 9.92. The summed E-state index contributed by atoms with van der Waals surface area (Å²) < 4.78 is 0. The second-order valence-electron chi connectivity index (χ2n) is 4.98. The van der Waals surface area contributed by atoms with Crippen LogP contribution in [0, 0.1) is 5.92 Å². The highest BCUT2D eigenvalue weighted by Gasteiger charge is 2.26. The Balaban J connectivity index is 2.17. The lowest BCUT2D eigenvalue weighted by molar-refractivity contribution is 0.132. The van der Waals surface area contributed by atoms with E-state index in [2.05, 4.69) is 36.1 Å². The molecule has 2 atom stereocenters. The topological polar surface area (TPSA) is 49.5 Å². The van der Waals surface area contributed by atoms with Gasteiger partial charge < -0.3 is 10.8 Å². The fourth-order valence-electron chi connectivity index (χ4n) is 2.66. The van der Waals surface area contributed by atoms with Gasteiger partial charge in [-0.3, -0.25) is 4.90 Å². The van der Waals surface area contributed by atoms with Crippen molar-refractivity contribution in [2.24, 2.45) is 11.7 Å². The Labute approximate surface area is 103 Å². The average Bonchev–Trinajstić information content (AvgIpc) is 2.38. The van der Waals surface area contributed by atoms with E-state index in [4.69, 9.17) is 10.8 Å². The monoisotopic (exact) mass is 234 g/mol. The molecule has 1 aromatic rings. The van der Waals surface area contributed by atoms with Crippen molar-refractivity contribution in [1.29, 1.82) is 0 Å². The molecule has 0 saturated carbocycles. The maximum Gasteiger partial charge on any atom is 0.0473 e. The molecule has 17 heavy (non-hydrogen) atoms. The second-order valence-corrected chi connectivity index (χ2v) is 4.98. The zero-order valence-corrected chi connectivity index (χ0v) is 10.5. The maximum atomic E-state index is 9.16. The first kappa shape index (κ1) is 12.6. The molecule has 1 aliphatic rings. The minimum atomic E-state index is 0.245. The van der Waals surface area contributed by atoms with Crippen molar-refractivity contribution in [3.8, 4) is 0 Å². The Kier molecular flexibility index (Phi) is 4.15. The summed E-state index contributed by atoms with van der Waals surface area (Å²) in [5, 5.41) is 9.16. The van der Waals surface area contributed by atoms with E-state index in [9.17, 15) is 0 Å². The average molecular weight is 234 g/mol. The Bertz CT molecular complexity index is 367. The van der Waals surface area contributed by atoms with Gasteiger partial charge in [-0.15, -0.1) is 0 Å². The summed E-state index contributed by atoms with van der Waals surface area (Å²) in [5.74, 6) is 0.314. The third-order valence-electron chi connectivity index (χ3n) is 3.60. The van der Waals surface area contributed by atoms with E-state index in [1.165, 1.54) is 11.1 Å². The molecule has 0 fully saturated rings.